The molecule has 3 aromatic heterocycles. The van der Waals surface area contributed by atoms with E-state index in [4.69, 9.17) is 4.74 Å². The number of rotatable bonds is 6. The Bertz CT molecular complexity index is 1470. The zero-order valence-corrected chi connectivity index (χ0v) is 20.2. The molecular formula is C25H25F3N6O3. The number of aryl methyl sites for hydroxylation is 2. The van der Waals surface area contributed by atoms with E-state index < -0.39 is 6.36 Å². The molecule has 1 atom stereocenters. The van der Waals surface area contributed by atoms with Gasteiger partial charge in [-0.2, -0.15) is 0 Å². The summed E-state index contributed by atoms with van der Waals surface area (Å²) in [6.07, 6.45) is -0.592. The number of fused-ring (bicyclic) bond motifs is 1. The summed E-state index contributed by atoms with van der Waals surface area (Å²) in [6.45, 7) is 4.50. The van der Waals surface area contributed by atoms with Crippen LogP contribution in [0.5, 0.6) is 5.75 Å². The number of aromatic nitrogens is 5. The van der Waals surface area contributed by atoms with Crippen molar-refractivity contribution in [1.29, 1.82) is 0 Å². The van der Waals surface area contributed by atoms with Crippen LogP contribution in [0.4, 0.5) is 19.0 Å². The number of anilines is 1. The second-order valence-corrected chi connectivity index (χ2v) is 8.91. The lowest BCUT2D eigenvalue weighted by atomic mass is 10.1. The molecule has 1 aromatic carbocycles. The largest absolute Gasteiger partial charge is 0.573 e. The maximum Gasteiger partial charge on any atom is 0.573 e. The Morgan fingerprint density at radius 3 is 2.65 bits per heavy atom. The summed E-state index contributed by atoms with van der Waals surface area (Å²) in [5, 5.41) is 3.21. The van der Waals surface area contributed by atoms with Crippen molar-refractivity contribution in [2.24, 2.45) is 0 Å². The fraction of sp³-hybridized carbons (Fsp3) is 0.360. The van der Waals surface area contributed by atoms with Crippen molar-refractivity contribution < 1.29 is 22.6 Å². The van der Waals surface area contributed by atoms with Gasteiger partial charge in [0.15, 0.2) is 22.8 Å². The summed E-state index contributed by atoms with van der Waals surface area (Å²) in [6, 6.07) is 7.22. The third kappa shape index (κ3) is 5.43. The zero-order chi connectivity index (χ0) is 26.2. The average Bonchev–Trinajstić information content (AvgIpc) is 3.27. The topological polar surface area (TPSA) is 107 Å². The summed E-state index contributed by atoms with van der Waals surface area (Å²) in [5.74, 6) is 0.329. The van der Waals surface area contributed by atoms with Crippen LogP contribution < -0.4 is 15.6 Å². The van der Waals surface area contributed by atoms with E-state index in [0.29, 0.717) is 34.7 Å². The Kier molecular flexibility index (Phi) is 6.59. The number of hydrogen-bond acceptors (Lipinski definition) is 7. The number of hydrogen-bond donors (Lipinski definition) is 2. The second kappa shape index (κ2) is 9.85. The van der Waals surface area contributed by atoms with Crippen molar-refractivity contribution in [2.45, 2.75) is 52.2 Å². The molecule has 0 spiro atoms. The molecule has 37 heavy (non-hydrogen) atoms. The normalized spacial score (nSPS) is 16.2. The molecule has 0 bridgehead atoms. The van der Waals surface area contributed by atoms with Gasteiger partial charge in [-0.25, -0.2) is 15.0 Å². The number of ether oxygens (including phenoxy) is 2. The smallest absolute Gasteiger partial charge is 0.406 e. The molecule has 5 rings (SSSR count). The van der Waals surface area contributed by atoms with Gasteiger partial charge in [0, 0.05) is 30.0 Å². The second-order valence-electron chi connectivity index (χ2n) is 8.91. The zero-order valence-electron chi connectivity index (χ0n) is 20.2. The highest BCUT2D eigenvalue weighted by atomic mass is 19.4. The fourth-order valence-corrected chi connectivity index (χ4v) is 4.40. The van der Waals surface area contributed by atoms with Crippen molar-refractivity contribution >= 4 is 17.0 Å². The van der Waals surface area contributed by atoms with E-state index in [0.717, 1.165) is 30.5 Å². The lowest BCUT2D eigenvalue weighted by Gasteiger charge is -2.24. The number of imidazole rings is 1. The molecule has 4 heterocycles. The highest BCUT2D eigenvalue weighted by Gasteiger charge is 2.31. The van der Waals surface area contributed by atoms with Gasteiger partial charge in [-0.3, -0.25) is 9.36 Å². The summed E-state index contributed by atoms with van der Waals surface area (Å²) < 4.78 is 49.5. The molecule has 1 fully saturated rings. The molecule has 2 N–H and O–H groups in total. The van der Waals surface area contributed by atoms with Crippen LogP contribution >= 0.6 is 0 Å². The molecule has 1 aliphatic rings. The first kappa shape index (κ1) is 24.8. The number of nitrogens with zero attached hydrogens (tertiary/aromatic N) is 4. The first-order valence-corrected chi connectivity index (χ1v) is 11.8. The van der Waals surface area contributed by atoms with E-state index in [1.807, 2.05) is 24.5 Å². The number of aromatic amines is 1. The number of nitrogens with one attached hydrogen (secondary N) is 2. The molecule has 12 heteroatoms. The monoisotopic (exact) mass is 514 g/mol. The van der Waals surface area contributed by atoms with Gasteiger partial charge in [0.25, 0.3) is 5.56 Å². The molecule has 0 aliphatic carbocycles. The molecule has 0 radical (unpaired) electrons. The molecule has 9 nitrogen and oxygen atoms in total. The maximum absolute atomic E-state index is 12.6. The van der Waals surface area contributed by atoms with Gasteiger partial charge in [0.1, 0.15) is 12.0 Å². The van der Waals surface area contributed by atoms with Crippen molar-refractivity contribution in [2.75, 3.05) is 11.9 Å². The van der Waals surface area contributed by atoms with Gasteiger partial charge >= 0.3 is 6.36 Å². The molecular weight excluding hydrogens is 489 g/mol. The number of benzene rings is 1. The Labute approximate surface area is 209 Å². The van der Waals surface area contributed by atoms with E-state index in [1.54, 1.807) is 6.33 Å². The van der Waals surface area contributed by atoms with E-state index in [2.05, 4.69) is 30.0 Å². The summed E-state index contributed by atoms with van der Waals surface area (Å²) >= 11 is 0. The third-order valence-electron chi connectivity index (χ3n) is 6.16. The maximum atomic E-state index is 12.6. The van der Waals surface area contributed by atoms with Crippen molar-refractivity contribution in [3.8, 4) is 17.1 Å². The number of halogens is 3. The lowest BCUT2D eigenvalue weighted by molar-refractivity contribution is -0.274. The number of alkyl halides is 3. The lowest BCUT2D eigenvalue weighted by Crippen LogP contribution is -2.19. The Morgan fingerprint density at radius 2 is 1.97 bits per heavy atom. The SMILES string of the molecule is Cc1cc(C)c(CNc2nc(-c3ccc(OC(F)(F)F)cc3)nc3c2ncn3C2CCCCO2)c(=O)[nH]1. The summed E-state index contributed by atoms with van der Waals surface area (Å²) in [5.41, 5.74) is 3.46. The van der Waals surface area contributed by atoms with Gasteiger partial charge in [-0.15, -0.1) is 13.2 Å². The molecule has 4 aromatic rings. The van der Waals surface area contributed by atoms with Crippen LogP contribution in [0.1, 0.15) is 42.3 Å². The van der Waals surface area contributed by atoms with Crippen LogP contribution in [-0.2, 0) is 11.3 Å². The summed E-state index contributed by atoms with van der Waals surface area (Å²) in [7, 11) is 0. The molecule has 0 amide bonds. The Morgan fingerprint density at radius 1 is 1.19 bits per heavy atom. The van der Waals surface area contributed by atoms with Crippen LogP contribution in [0.25, 0.3) is 22.6 Å². The first-order valence-electron chi connectivity index (χ1n) is 11.8. The quantitative estimate of drug-likeness (QED) is 0.373. The number of H-pyrrole nitrogens is 1. The molecule has 0 saturated carbocycles. The molecule has 1 saturated heterocycles. The van der Waals surface area contributed by atoms with E-state index >= 15 is 0 Å². The number of pyridine rings is 1. The minimum atomic E-state index is -4.79. The minimum absolute atomic E-state index is 0.193. The van der Waals surface area contributed by atoms with Gasteiger partial charge < -0.3 is 19.8 Å². The highest BCUT2D eigenvalue weighted by Crippen LogP contribution is 2.31. The molecule has 1 aliphatic heterocycles. The van der Waals surface area contributed by atoms with Gasteiger partial charge in [0.05, 0.1) is 6.33 Å². The third-order valence-corrected chi connectivity index (χ3v) is 6.16. The van der Waals surface area contributed by atoms with E-state index in [1.165, 1.54) is 24.3 Å². The van der Waals surface area contributed by atoms with E-state index in [-0.39, 0.29) is 29.9 Å². The van der Waals surface area contributed by atoms with Crippen molar-refractivity contribution in [3.05, 3.63) is 63.8 Å². The standard InChI is InChI=1S/C25H25F3N6O3/c1-14-11-15(2)31-24(35)18(14)12-29-22-20-23(34(13-30-20)19-5-3-4-10-36-19)33-21(32-22)16-6-8-17(9-7-16)37-25(26,27)28/h6-9,11,13,19H,3-5,10,12H2,1-2H3,(H,31,35)(H,29,32,33). The predicted molar refractivity (Wildman–Crippen MR) is 130 cm³/mol. The van der Waals surface area contributed by atoms with Crippen LogP contribution in [-0.4, -0.2) is 37.5 Å². The van der Waals surface area contributed by atoms with Crippen molar-refractivity contribution in [1.82, 2.24) is 24.5 Å². The highest BCUT2D eigenvalue weighted by molar-refractivity contribution is 5.85. The fourth-order valence-electron chi connectivity index (χ4n) is 4.40. The Hall–Kier alpha value is -3.93. The van der Waals surface area contributed by atoms with Gasteiger partial charge in [-0.05, 0) is 69.0 Å². The average molecular weight is 515 g/mol. The van der Waals surface area contributed by atoms with Crippen molar-refractivity contribution in [3.63, 3.8) is 0 Å². The van der Waals surface area contributed by atoms with Crippen LogP contribution in [0.3, 0.4) is 0 Å². The Balaban J connectivity index is 1.54. The van der Waals surface area contributed by atoms with Crippen LogP contribution in [0.15, 0.2) is 41.5 Å². The van der Waals surface area contributed by atoms with Gasteiger partial charge in [-0.1, -0.05) is 0 Å². The minimum Gasteiger partial charge on any atom is -0.406 e. The van der Waals surface area contributed by atoms with E-state index in [9.17, 15) is 18.0 Å². The predicted octanol–water partition coefficient (Wildman–Crippen LogP) is 5.01. The van der Waals surface area contributed by atoms with Gasteiger partial charge in [0.2, 0.25) is 0 Å². The summed E-state index contributed by atoms with van der Waals surface area (Å²) in [4.78, 5) is 29.1. The molecule has 1 unspecified atom stereocenters. The molecule has 194 valence electrons. The first-order chi connectivity index (χ1) is 17.7. The van der Waals surface area contributed by atoms with Crippen LogP contribution in [0, 0.1) is 13.8 Å². The van der Waals surface area contributed by atoms with Crippen LogP contribution in [0.2, 0.25) is 0 Å².